The fourth-order valence-corrected chi connectivity index (χ4v) is 1.39. The molecule has 1 unspecified atom stereocenters. The minimum Gasteiger partial charge on any atom is -0.356 e. The summed E-state index contributed by atoms with van der Waals surface area (Å²) in [5.74, 6) is -0.758. The van der Waals surface area contributed by atoms with Crippen molar-refractivity contribution >= 4 is 18.3 Å². The van der Waals surface area contributed by atoms with E-state index in [2.05, 4.69) is 5.32 Å². The predicted octanol–water partition coefficient (Wildman–Crippen LogP) is 1.82. The molecule has 0 aliphatic rings. The van der Waals surface area contributed by atoms with Crippen LogP contribution in [0, 0.1) is 5.82 Å². The first-order valence-corrected chi connectivity index (χ1v) is 5.38. The fourth-order valence-electron chi connectivity index (χ4n) is 1.39. The largest absolute Gasteiger partial charge is 0.356 e. The average Bonchev–Trinajstić information content (AvgIpc) is 2.28. The molecule has 0 heterocycles. The molecular weight excluding hydrogens is 243 g/mol. The van der Waals surface area contributed by atoms with E-state index in [0.29, 0.717) is 18.7 Å². The summed E-state index contributed by atoms with van der Waals surface area (Å²) in [5.41, 5.74) is 6.01. The van der Waals surface area contributed by atoms with Gasteiger partial charge in [-0.15, -0.1) is 12.4 Å². The van der Waals surface area contributed by atoms with E-state index in [1.165, 1.54) is 12.1 Å². The molecule has 5 heteroatoms. The standard InChI is InChI=1S/C12H17FN2O.ClH/c1-9(12(16)15-7-3-6-14)10-4-2-5-11(13)8-10;/h2,4-5,8-9H,3,6-7,14H2,1H3,(H,15,16);1H. The highest BCUT2D eigenvalue weighted by atomic mass is 35.5. The number of benzene rings is 1. The zero-order valence-electron chi connectivity index (χ0n) is 9.78. The van der Waals surface area contributed by atoms with Gasteiger partial charge in [0.05, 0.1) is 5.92 Å². The van der Waals surface area contributed by atoms with Gasteiger partial charge in [-0.05, 0) is 37.6 Å². The summed E-state index contributed by atoms with van der Waals surface area (Å²) in [6.45, 7) is 2.87. The number of halogens is 2. The van der Waals surface area contributed by atoms with E-state index < -0.39 is 0 Å². The number of hydrogen-bond acceptors (Lipinski definition) is 2. The number of amides is 1. The van der Waals surface area contributed by atoms with E-state index in [1.807, 2.05) is 0 Å². The fraction of sp³-hybridized carbons (Fsp3) is 0.417. The van der Waals surface area contributed by atoms with Gasteiger partial charge in [-0.1, -0.05) is 12.1 Å². The second kappa shape index (κ2) is 8.03. The Balaban J connectivity index is 0.00000256. The highest BCUT2D eigenvalue weighted by Crippen LogP contribution is 2.15. The highest BCUT2D eigenvalue weighted by molar-refractivity contribution is 5.85. The third kappa shape index (κ3) is 5.15. The Labute approximate surface area is 107 Å². The summed E-state index contributed by atoms with van der Waals surface area (Å²) in [4.78, 5) is 11.7. The van der Waals surface area contributed by atoms with Crippen LogP contribution < -0.4 is 11.1 Å². The Morgan fingerprint density at radius 3 is 2.82 bits per heavy atom. The molecule has 1 rings (SSSR count). The van der Waals surface area contributed by atoms with Crippen molar-refractivity contribution in [3.8, 4) is 0 Å². The van der Waals surface area contributed by atoms with Crippen molar-refractivity contribution in [1.29, 1.82) is 0 Å². The minimum absolute atomic E-state index is 0. The summed E-state index contributed by atoms with van der Waals surface area (Å²) >= 11 is 0. The summed E-state index contributed by atoms with van der Waals surface area (Å²) < 4.78 is 12.9. The van der Waals surface area contributed by atoms with Crippen molar-refractivity contribution in [2.24, 2.45) is 5.73 Å². The normalized spacial score (nSPS) is 11.5. The molecule has 0 radical (unpaired) electrons. The van der Waals surface area contributed by atoms with Crippen LogP contribution in [-0.2, 0) is 4.79 Å². The van der Waals surface area contributed by atoms with Gasteiger partial charge in [0.25, 0.3) is 0 Å². The van der Waals surface area contributed by atoms with E-state index in [9.17, 15) is 9.18 Å². The van der Waals surface area contributed by atoms with Crippen molar-refractivity contribution < 1.29 is 9.18 Å². The number of nitrogens with one attached hydrogen (secondary N) is 1. The van der Waals surface area contributed by atoms with Gasteiger partial charge in [0.15, 0.2) is 0 Å². The Bertz CT molecular complexity index is 360. The molecule has 0 bridgehead atoms. The molecule has 0 fully saturated rings. The highest BCUT2D eigenvalue weighted by Gasteiger charge is 2.14. The number of carbonyl (C=O) groups is 1. The Hall–Kier alpha value is -1.13. The van der Waals surface area contributed by atoms with Crippen LogP contribution in [-0.4, -0.2) is 19.0 Å². The van der Waals surface area contributed by atoms with Gasteiger partial charge >= 0.3 is 0 Å². The lowest BCUT2D eigenvalue weighted by Crippen LogP contribution is -2.29. The average molecular weight is 261 g/mol. The van der Waals surface area contributed by atoms with Gasteiger partial charge in [0.2, 0.25) is 5.91 Å². The summed E-state index contributed by atoms with van der Waals surface area (Å²) in [7, 11) is 0. The Morgan fingerprint density at radius 2 is 2.24 bits per heavy atom. The third-order valence-corrected chi connectivity index (χ3v) is 2.42. The van der Waals surface area contributed by atoms with Gasteiger partial charge in [-0.3, -0.25) is 4.79 Å². The molecule has 1 amide bonds. The molecule has 3 nitrogen and oxygen atoms in total. The van der Waals surface area contributed by atoms with Crippen LogP contribution in [0.3, 0.4) is 0 Å². The van der Waals surface area contributed by atoms with Gasteiger partial charge in [0, 0.05) is 6.54 Å². The molecule has 0 aliphatic heterocycles. The van der Waals surface area contributed by atoms with Crippen LogP contribution in [0.4, 0.5) is 4.39 Å². The maximum absolute atomic E-state index is 12.9. The minimum atomic E-state index is -0.339. The van der Waals surface area contributed by atoms with Crippen molar-refractivity contribution in [3.05, 3.63) is 35.6 Å². The second-order valence-corrected chi connectivity index (χ2v) is 3.71. The van der Waals surface area contributed by atoms with Crippen LogP contribution in [0.15, 0.2) is 24.3 Å². The number of hydrogen-bond donors (Lipinski definition) is 2. The van der Waals surface area contributed by atoms with Crippen molar-refractivity contribution in [2.45, 2.75) is 19.3 Å². The smallest absolute Gasteiger partial charge is 0.227 e. The Morgan fingerprint density at radius 1 is 1.53 bits per heavy atom. The van der Waals surface area contributed by atoms with Gasteiger partial charge in [-0.2, -0.15) is 0 Å². The number of nitrogens with two attached hydrogens (primary N) is 1. The summed E-state index contributed by atoms with van der Waals surface area (Å²) in [6, 6.07) is 6.10. The molecule has 96 valence electrons. The molecule has 0 saturated carbocycles. The first-order chi connectivity index (χ1) is 7.65. The summed E-state index contributed by atoms with van der Waals surface area (Å²) in [6.07, 6.45) is 0.752. The quantitative estimate of drug-likeness (QED) is 0.794. The van der Waals surface area contributed by atoms with Gasteiger partial charge < -0.3 is 11.1 Å². The monoisotopic (exact) mass is 260 g/mol. The first-order valence-electron chi connectivity index (χ1n) is 5.38. The topological polar surface area (TPSA) is 55.1 Å². The van der Waals surface area contributed by atoms with E-state index >= 15 is 0 Å². The molecule has 1 aromatic rings. The van der Waals surface area contributed by atoms with Crippen molar-refractivity contribution in [2.75, 3.05) is 13.1 Å². The van der Waals surface area contributed by atoms with E-state index in [4.69, 9.17) is 5.73 Å². The van der Waals surface area contributed by atoms with Crippen LogP contribution >= 0.6 is 12.4 Å². The first kappa shape index (κ1) is 15.9. The molecule has 0 aliphatic carbocycles. The zero-order chi connectivity index (χ0) is 12.0. The number of rotatable bonds is 5. The number of carbonyl (C=O) groups excluding carboxylic acids is 1. The maximum atomic E-state index is 12.9. The van der Waals surface area contributed by atoms with Crippen LogP contribution in [0.5, 0.6) is 0 Å². The molecule has 1 aromatic carbocycles. The van der Waals surface area contributed by atoms with E-state index in [1.54, 1.807) is 19.1 Å². The summed E-state index contributed by atoms with van der Waals surface area (Å²) in [5, 5.41) is 2.76. The maximum Gasteiger partial charge on any atom is 0.227 e. The van der Waals surface area contributed by atoms with Crippen molar-refractivity contribution in [1.82, 2.24) is 5.32 Å². The zero-order valence-corrected chi connectivity index (χ0v) is 10.6. The van der Waals surface area contributed by atoms with Crippen LogP contribution in [0.2, 0.25) is 0 Å². The van der Waals surface area contributed by atoms with E-state index in [0.717, 1.165) is 6.42 Å². The molecular formula is C12H18ClFN2O. The molecule has 0 aromatic heterocycles. The third-order valence-electron chi connectivity index (χ3n) is 2.42. The molecule has 0 spiro atoms. The molecule has 0 saturated heterocycles. The van der Waals surface area contributed by atoms with Gasteiger partial charge in [0.1, 0.15) is 5.82 Å². The van der Waals surface area contributed by atoms with Crippen LogP contribution in [0.25, 0.3) is 0 Å². The van der Waals surface area contributed by atoms with E-state index in [-0.39, 0.29) is 30.0 Å². The molecule has 1 atom stereocenters. The predicted molar refractivity (Wildman–Crippen MR) is 68.7 cm³/mol. The lowest BCUT2D eigenvalue weighted by molar-refractivity contribution is -0.122. The lowest BCUT2D eigenvalue weighted by atomic mass is 10.0. The molecule has 3 N–H and O–H groups in total. The lowest BCUT2D eigenvalue weighted by Gasteiger charge is -2.12. The Kier molecular flexibility index (Phi) is 7.50. The SMILES string of the molecule is CC(C(=O)NCCCN)c1cccc(F)c1.Cl. The van der Waals surface area contributed by atoms with Crippen LogP contribution in [0.1, 0.15) is 24.8 Å². The van der Waals surface area contributed by atoms with Gasteiger partial charge in [-0.25, -0.2) is 4.39 Å². The molecule has 17 heavy (non-hydrogen) atoms. The van der Waals surface area contributed by atoms with Crippen molar-refractivity contribution in [3.63, 3.8) is 0 Å². The second-order valence-electron chi connectivity index (χ2n) is 3.71.